The summed E-state index contributed by atoms with van der Waals surface area (Å²) < 4.78 is 2.00. The molecule has 0 aliphatic heterocycles. The van der Waals surface area contributed by atoms with Crippen molar-refractivity contribution in [2.75, 3.05) is 5.32 Å². The van der Waals surface area contributed by atoms with Crippen LogP contribution < -0.4 is 5.32 Å². The van der Waals surface area contributed by atoms with Crippen LogP contribution in [-0.2, 0) is 0 Å². The van der Waals surface area contributed by atoms with Crippen LogP contribution in [-0.4, -0.2) is 24.3 Å². The Balaban J connectivity index is 1.73. The van der Waals surface area contributed by atoms with Gasteiger partial charge in [-0.15, -0.1) is 0 Å². The molecule has 0 unspecified atom stereocenters. The third-order valence-electron chi connectivity index (χ3n) is 3.25. The summed E-state index contributed by atoms with van der Waals surface area (Å²) in [6.07, 6.45) is 8.95. The van der Waals surface area contributed by atoms with E-state index in [0.717, 1.165) is 22.7 Å². The number of fused-ring (bicyclic) bond motifs is 1. The van der Waals surface area contributed by atoms with Gasteiger partial charge in [0.2, 0.25) is 5.95 Å². The van der Waals surface area contributed by atoms with Gasteiger partial charge >= 0.3 is 0 Å². The molecule has 0 amide bonds. The van der Waals surface area contributed by atoms with Crippen molar-refractivity contribution in [1.29, 1.82) is 0 Å². The summed E-state index contributed by atoms with van der Waals surface area (Å²) in [5, 5.41) is 3.14. The van der Waals surface area contributed by atoms with Gasteiger partial charge in [0.1, 0.15) is 5.65 Å². The second-order valence-corrected chi connectivity index (χ2v) is 4.70. The molecule has 0 atom stereocenters. The molecule has 0 spiro atoms. The van der Waals surface area contributed by atoms with Gasteiger partial charge in [-0.2, -0.15) is 0 Å². The minimum absolute atomic E-state index is 0.524. The molecule has 4 heterocycles. The van der Waals surface area contributed by atoms with Crippen LogP contribution in [0.25, 0.3) is 17.0 Å². The second kappa shape index (κ2) is 5.25. The maximum atomic E-state index is 4.55. The lowest BCUT2D eigenvalue weighted by Gasteiger charge is -2.06. The van der Waals surface area contributed by atoms with Gasteiger partial charge in [0.25, 0.3) is 0 Å². The third kappa shape index (κ3) is 2.26. The molecule has 0 aromatic carbocycles. The molecule has 6 heteroatoms. The van der Waals surface area contributed by atoms with E-state index >= 15 is 0 Å². The summed E-state index contributed by atoms with van der Waals surface area (Å²) >= 11 is 0. The number of anilines is 2. The Hall–Kier alpha value is -3.28. The van der Waals surface area contributed by atoms with Crippen LogP contribution in [0.15, 0.2) is 67.4 Å². The Labute approximate surface area is 126 Å². The first-order chi connectivity index (χ1) is 10.9. The molecule has 106 valence electrons. The maximum absolute atomic E-state index is 4.55. The summed E-state index contributed by atoms with van der Waals surface area (Å²) in [6, 6.07) is 11.5. The van der Waals surface area contributed by atoms with E-state index in [2.05, 4.69) is 25.3 Å². The fourth-order valence-electron chi connectivity index (χ4n) is 2.25. The highest BCUT2D eigenvalue weighted by atomic mass is 15.1. The average molecular weight is 288 g/mol. The number of nitrogens with zero attached hydrogens (tertiary/aromatic N) is 5. The zero-order chi connectivity index (χ0) is 14.8. The molecule has 0 saturated heterocycles. The van der Waals surface area contributed by atoms with Crippen LogP contribution in [0.1, 0.15) is 0 Å². The van der Waals surface area contributed by atoms with E-state index in [1.165, 1.54) is 0 Å². The Morgan fingerprint density at radius 2 is 1.91 bits per heavy atom. The summed E-state index contributed by atoms with van der Waals surface area (Å²) in [4.78, 5) is 17.2. The van der Waals surface area contributed by atoms with Crippen molar-refractivity contribution in [2.24, 2.45) is 0 Å². The predicted octanol–water partition coefficient (Wildman–Crippen LogP) is 2.93. The Kier molecular flexibility index (Phi) is 2.97. The number of hydrogen-bond donors (Lipinski definition) is 1. The van der Waals surface area contributed by atoms with Gasteiger partial charge in [-0.05, 0) is 30.3 Å². The molecule has 0 saturated carbocycles. The van der Waals surface area contributed by atoms with E-state index < -0.39 is 0 Å². The molecule has 6 nitrogen and oxygen atoms in total. The molecule has 22 heavy (non-hydrogen) atoms. The lowest BCUT2D eigenvalue weighted by atomic mass is 10.3. The summed E-state index contributed by atoms with van der Waals surface area (Å²) in [6.45, 7) is 0. The first-order valence-electron chi connectivity index (χ1n) is 6.83. The van der Waals surface area contributed by atoms with Gasteiger partial charge in [0.05, 0.1) is 29.5 Å². The maximum Gasteiger partial charge on any atom is 0.227 e. The van der Waals surface area contributed by atoms with Crippen LogP contribution in [0, 0.1) is 0 Å². The van der Waals surface area contributed by atoms with Crippen molar-refractivity contribution in [2.45, 2.75) is 0 Å². The number of pyridine rings is 2. The lowest BCUT2D eigenvalue weighted by molar-refractivity contribution is 1.12. The fourth-order valence-corrected chi connectivity index (χ4v) is 2.25. The van der Waals surface area contributed by atoms with Crippen LogP contribution in [0.5, 0.6) is 0 Å². The van der Waals surface area contributed by atoms with Crippen molar-refractivity contribution >= 4 is 17.3 Å². The van der Waals surface area contributed by atoms with Crippen LogP contribution in [0.4, 0.5) is 11.6 Å². The average Bonchev–Trinajstić information content (AvgIpc) is 3.00. The number of imidazole rings is 1. The standard InChI is InChI=1S/C16H12N6/c1-2-9-22-14(11-19-15(22)5-1)13-6-8-18-16(21-13)20-12-4-3-7-17-10-12/h1-11H,(H,18,20,21). The smallest absolute Gasteiger partial charge is 0.227 e. The van der Waals surface area contributed by atoms with E-state index in [9.17, 15) is 0 Å². The molecule has 0 aliphatic carbocycles. The lowest BCUT2D eigenvalue weighted by Crippen LogP contribution is -1.99. The zero-order valence-electron chi connectivity index (χ0n) is 11.6. The quantitative estimate of drug-likeness (QED) is 0.627. The zero-order valence-corrected chi connectivity index (χ0v) is 11.6. The van der Waals surface area contributed by atoms with E-state index in [1.807, 2.05) is 53.2 Å². The number of aromatic nitrogens is 5. The monoisotopic (exact) mass is 288 g/mol. The minimum Gasteiger partial charge on any atom is -0.323 e. The van der Waals surface area contributed by atoms with E-state index in [1.54, 1.807) is 18.6 Å². The molecule has 4 aromatic rings. The van der Waals surface area contributed by atoms with Gasteiger partial charge in [0, 0.05) is 18.6 Å². The molecular formula is C16H12N6. The Morgan fingerprint density at radius 3 is 2.82 bits per heavy atom. The molecule has 0 radical (unpaired) electrons. The van der Waals surface area contributed by atoms with Crippen LogP contribution in [0.2, 0.25) is 0 Å². The molecule has 0 fully saturated rings. The number of hydrogen-bond acceptors (Lipinski definition) is 5. The highest BCUT2D eigenvalue weighted by Crippen LogP contribution is 2.20. The number of nitrogens with one attached hydrogen (secondary N) is 1. The van der Waals surface area contributed by atoms with Gasteiger partial charge in [0.15, 0.2) is 0 Å². The van der Waals surface area contributed by atoms with E-state index in [0.29, 0.717) is 5.95 Å². The summed E-state index contributed by atoms with van der Waals surface area (Å²) in [5.41, 5.74) is 3.46. The second-order valence-electron chi connectivity index (χ2n) is 4.70. The Morgan fingerprint density at radius 1 is 0.909 bits per heavy atom. The first-order valence-corrected chi connectivity index (χ1v) is 6.83. The van der Waals surface area contributed by atoms with Crippen LogP contribution in [0.3, 0.4) is 0 Å². The number of rotatable bonds is 3. The first kappa shape index (κ1) is 12.5. The van der Waals surface area contributed by atoms with Crippen molar-refractivity contribution in [3.05, 3.63) is 67.4 Å². The molecule has 4 aromatic heterocycles. The predicted molar refractivity (Wildman–Crippen MR) is 83.7 cm³/mol. The van der Waals surface area contributed by atoms with Crippen LogP contribution >= 0.6 is 0 Å². The normalized spacial score (nSPS) is 10.7. The van der Waals surface area contributed by atoms with E-state index in [-0.39, 0.29) is 0 Å². The van der Waals surface area contributed by atoms with Crippen molar-refractivity contribution in [3.8, 4) is 11.4 Å². The summed E-state index contributed by atoms with van der Waals surface area (Å²) in [7, 11) is 0. The third-order valence-corrected chi connectivity index (χ3v) is 3.25. The molecule has 0 bridgehead atoms. The van der Waals surface area contributed by atoms with Crippen molar-refractivity contribution in [3.63, 3.8) is 0 Å². The molecule has 4 rings (SSSR count). The largest absolute Gasteiger partial charge is 0.323 e. The SMILES string of the molecule is c1cncc(Nc2nccc(-c3cnc4ccccn34)n2)c1. The van der Waals surface area contributed by atoms with Gasteiger partial charge < -0.3 is 5.32 Å². The summed E-state index contributed by atoms with van der Waals surface area (Å²) in [5.74, 6) is 0.524. The van der Waals surface area contributed by atoms with E-state index in [4.69, 9.17) is 0 Å². The topological polar surface area (TPSA) is 68.0 Å². The van der Waals surface area contributed by atoms with Gasteiger partial charge in [-0.1, -0.05) is 6.07 Å². The molecule has 1 N–H and O–H groups in total. The van der Waals surface area contributed by atoms with Crippen molar-refractivity contribution < 1.29 is 0 Å². The highest BCUT2D eigenvalue weighted by Gasteiger charge is 2.08. The Bertz CT molecular complexity index is 916. The fraction of sp³-hybridized carbons (Fsp3) is 0. The highest BCUT2D eigenvalue weighted by molar-refractivity contribution is 5.62. The van der Waals surface area contributed by atoms with Gasteiger partial charge in [-0.3, -0.25) is 9.38 Å². The van der Waals surface area contributed by atoms with Crippen molar-refractivity contribution in [1.82, 2.24) is 24.3 Å². The molecular weight excluding hydrogens is 276 g/mol. The molecule has 0 aliphatic rings. The minimum atomic E-state index is 0.524. The van der Waals surface area contributed by atoms with Gasteiger partial charge in [-0.25, -0.2) is 15.0 Å².